The van der Waals surface area contributed by atoms with E-state index >= 15 is 0 Å². The van der Waals surface area contributed by atoms with Gasteiger partial charge in [-0.25, -0.2) is 0 Å². The lowest BCUT2D eigenvalue weighted by Crippen LogP contribution is -2.24. The van der Waals surface area contributed by atoms with Crippen molar-refractivity contribution in [3.05, 3.63) is 59.7 Å². The van der Waals surface area contributed by atoms with Gasteiger partial charge < -0.3 is 25.4 Å². The van der Waals surface area contributed by atoms with Gasteiger partial charge in [-0.1, -0.05) is 44.0 Å². The molecule has 3 rings (SSSR count). The van der Waals surface area contributed by atoms with Crippen molar-refractivity contribution in [1.82, 2.24) is 0 Å². The molecule has 5 nitrogen and oxygen atoms in total. The van der Waals surface area contributed by atoms with Crippen LogP contribution in [-0.4, -0.2) is 47.3 Å². The van der Waals surface area contributed by atoms with Crippen LogP contribution in [0, 0.1) is 0 Å². The van der Waals surface area contributed by atoms with Crippen LogP contribution in [0.25, 0.3) is 0 Å². The van der Waals surface area contributed by atoms with Gasteiger partial charge in [-0.05, 0) is 54.7 Å². The predicted molar refractivity (Wildman–Crippen MR) is 116 cm³/mol. The molecule has 1 aliphatic rings. The van der Waals surface area contributed by atoms with Gasteiger partial charge in [0.05, 0.1) is 12.7 Å². The number of anilines is 1. The molecule has 158 valence electrons. The molecule has 0 amide bonds. The fourth-order valence-corrected chi connectivity index (χ4v) is 4.13. The molecule has 2 atom stereocenters. The van der Waals surface area contributed by atoms with Crippen molar-refractivity contribution in [2.24, 2.45) is 0 Å². The minimum atomic E-state index is -0.860. The molecule has 0 spiro atoms. The van der Waals surface area contributed by atoms with Gasteiger partial charge in [-0.15, -0.1) is 0 Å². The Morgan fingerprint density at radius 1 is 0.931 bits per heavy atom. The van der Waals surface area contributed by atoms with Crippen LogP contribution in [0.2, 0.25) is 0 Å². The van der Waals surface area contributed by atoms with Gasteiger partial charge >= 0.3 is 0 Å². The third-order valence-corrected chi connectivity index (χ3v) is 5.97. The molecule has 2 aromatic carbocycles. The van der Waals surface area contributed by atoms with Crippen LogP contribution in [0.5, 0.6) is 5.75 Å². The van der Waals surface area contributed by atoms with E-state index < -0.39 is 6.10 Å². The molecule has 2 aromatic rings. The van der Waals surface area contributed by atoms with Crippen molar-refractivity contribution in [3.8, 4) is 5.75 Å². The third-order valence-electron chi connectivity index (χ3n) is 5.97. The standard InChI is InChI=1S/C24H33NO4/c1-2-21(27)15-25-20-9-5-18(6-10-20)24(13-3-4-14-24)19-7-11-23(12-8-19)29-17-22(28)16-26/h5-12,21-22,25-28H,2-4,13-17H2,1H3. The lowest BCUT2D eigenvalue weighted by molar-refractivity contribution is 0.0536. The van der Waals surface area contributed by atoms with Crippen LogP contribution >= 0.6 is 0 Å². The molecule has 29 heavy (non-hydrogen) atoms. The van der Waals surface area contributed by atoms with Crippen LogP contribution in [-0.2, 0) is 5.41 Å². The molecule has 5 heteroatoms. The lowest BCUT2D eigenvalue weighted by atomic mass is 9.73. The zero-order chi connectivity index (χ0) is 20.7. The van der Waals surface area contributed by atoms with E-state index in [1.54, 1.807) is 0 Å². The topological polar surface area (TPSA) is 82.0 Å². The quantitative estimate of drug-likeness (QED) is 0.492. The van der Waals surface area contributed by atoms with Crippen molar-refractivity contribution in [2.75, 3.05) is 25.1 Å². The summed E-state index contributed by atoms with van der Waals surface area (Å²) >= 11 is 0. The van der Waals surface area contributed by atoms with Gasteiger partial charge in [0, 0.05) is 17.6 Å². The van der Waals surface area contributed by atoms with Crippen molar-refractivity contribution in [2.45, 2.75) is 56.7 Å². The molecule has 0 saturated heterocycles. The second kappa shape index (κ2) is 10.1. The normalized spacial score (nSPS) is 17.7. The highest BCUT2D eigenvalue weighted by atomic mass is 16.5. The highest BCUT2D eigenvalue weighted by Gasteiger charge is 2.37. The van der Waals surface area contributed by atoms with E-state index in [2.05, 4.69) is 41.7 Å². The van der Waals surface area contributed by atoms with Crippen molar-refractivity contribution < 1.29 is 20.1 Å². The summed E-state index contributed by atoms with van der Waals surface area (Å²) in [5.41, 5.74) is 3.65. The highest BCUT2D eigenvalue weighted by Crippen LogP contribution is 2.46. The average molecular weight is 400 g/mol. The fraction of sp³-hybridized carbons (Fsp3) is 0.500. The molecular weight excluding hydrogens is 366 g/mol. The molecule has 2 unspecified atom stereocenters. The average Bonchev–Trinajstić information content (AvgIpc) is 3.27. The van der Waals surface area contributed by atoms with Gasteiger partial charge in [-0.3, -0.25) is 0 Å². The Morgan fingerprint density at radius 3 is 2.07 bits per heavy atom. The molecule has 1 aliphatic carbocycles. The Morgan fingerprint density at radius 2 is 1.52 bits per heavy atom. The maximum atomic E-state index is 9.74. The number of hydrogen-bond acceptors (Lipinski definition) is 5. The van der Waals surface area contributed by atoms with Crippen molar-refractivity contribution in [1.29, 1.82) is 0 Å². The van der Waals surface area contributed by atoms with Crippen molar-refractivity contribution in [3.63, 3.8) is 0 Å². The molecular formula is C24H33NO4. The summed E-state index contributed by atoms with van der Waals surface area (Å²) in [4.78, 5) is 0. The molecule has 0 aromatic heterocycles. The smallest absolute Gasteiger partial charge is 0.119 e. The number of nitrogens with one attached hydrogen (secondary N) is 1. The number of aliphatic hydroxyl groups excluding tert-OH is 3. The molecule has 1 saturated carbocycles. The fourth-order valence-electron chi connectivity index (χ4n) is 4.13. The second-order valence-electron chi connectivity index (χ2n) is 7.98. The minimum absolute atomic E-state index is 0.0185. The number of hydrogen-bond donors (Lipinski definition) is 4. The zero-order valence-corrected chi connectivity index (χ0v) is 17.2. The Bertz CT molecular complexity index is 679. The summed E-state index contributed by atoms with van der Waals surface area (Å²) in [5, 5.41) is 31.4. The first-order valence-electron chi connectivity index (χ1n) is 10.6. The van der Waals surface area contributed by atoms with Gasteiger partial charge in [-0.2, -0.15) is 0 Å². The lowest BCUT2D eigenvalue weighted by Gasteiger charge is -2.31. The largest absolute Gasteiger partial charge is 0.491 e. The van der Waals surface area contributed by atoms with Gasteiger partial charge in [0.1, 0.15) is 18.5 Å². The molecule has 0 radical (unpaired) electrons. The summed E-state index contributed by atoms with van der Waals surface area (Å²) in [6.45, 7) is 2.32. The number of benzene rings is 2. The van der Waals surface area contributed by atoms with E-state index in [1.807, 2.05) is 19.1 Å². The maximum absolute atomic E-state index is 9.74. The predicted octanol–water partition coefficient (Wildman–Crippen LogP) is 3.46. The first kappa shape index (κ1) is 21.6. The molecule has 1 fully saturated rings. The zero-order valence-electron chi connectivity index (χ0n) is 17.2. The Labute approximate surface area is 173 Å². The molecule has 0 bridgehead atoms. The molecule has 0 aliphatic heterocycles. The maximum Gasteiger partial charge on any atom is 0.119 e. The van der Waals surface area contributed by atoms with Crippen LogP contribution < -0.4 is 10.1 Å². The number of ether oxygens (including phenoxy) is 1. The van der Waals surface area contributed by atoms with Crippen LogP contribution in [0.1, 0.15) is 50.2 Å². The first-order chi connectivity index (χ1) is 14.1. The van der Waals surface area contributed by atoms with E-state index in [9.17, 15) is 10.2 Å². The Hall–Kier alpha value is -2.08. The number of rotatable bonds is 10. The molecule has 4 N–H and O–H groups in total. The Kier molecular flexibility index (Phi) is 7.53. The minimum Gasteiger partial charge on any atom is -0.491 e. The summed E-state index contributed by atoms with van der Waals surface area (Å²) in [7, 11) is 0. The third kappa shape index (κ3) is 5.30. The van der Waals surface area contributed by atoms with E-state index in [1.165, 1.54) is 24.0 Å². The Balaban J connectivity index is 1.74. The van der Waals surface area contributed by atoms with Crippen LogP contribution in [0.4, 0.5) is 5.69 Å². The van der Waals surface area contributed by atoms with Crippen molar-refractivity contribution >= 4 is 5.69 Å². The van der Waals surface area contributed by atoms with E-state index in [0.29, 0.717) is 12.3 Å². The van der Waals surface area contributed by atoms with Crippen LogP contribution in [0.15, 0.2) is 48.5 Å². The number of aliphatic hydroxyl groups is 3. The monoisotopic (exact) mass is 399 g/mol. The van der Waals surface area contributed by atoms with E-state index in [-0.39, 0.29) is 24.7 Å². The molecule has 0 heterocycles. The summed E-state index contributed by atoms with van der Waals surface area (Å²) in [6.07, 6.45) is 4.23. The van der Waals surface area contributed by atoms with Crippen LogP contribution in [0.3, 0.4) is 0 Å². The van der Waals surface area contributed by atoms with Gasteiger partial charge in [0.25, 0.3) is 0 Å². The summed E-state index contributed by atoms with van der Waals surface area (Å²) < 4.78 is 5.55. The second-order valence-corrected chi connectivity index (χ2v) is 7.98. The van der Waals surface area contributed by atoms with E-state index in [0.717, 1.165) is 24.9 Å². The van der Waals surface area contributed by atoms with Gasteiger partial charge in [0.15, 0.2) is 0 Å². The summed E-state index contributed by atoms with van der Waals surface area (Å²) in [6, 6.07) is 16.7. The van der Waals surface area contributed by atoms with Gasteiger partial charge in [0.2, 0.25) is 0 Å². The van der Waals surface area contributed by atoms with E-state index in [4.69, 9.17) is 9.84 Å². The highest BCUT2D eigenvalue weighted by molar-refractivity contribution is 5.49. The first-order valence-corrected chi connectivity index (χ1v) is 10.6. The SMILES string of the molecule is CCC(O)CNc1ccc(C2(c3ccc(OCC(O)CO)cc3)CCCC2)cc1. The summed E-state index contributed by atoms with van der Waals surface area (Å²) in [5.74, 6) is 0.698.